The Labute approximate surface area is 119 Å². The number of benzene rings is 1. The molecular formula is C17H21FO2. The van der Waals surface area contributed by atoms with E-state index in [1.54, 1.807) is 12.1 Å². The summed E-state index contributed by atoms with van der Waals surface area (Å²) in [6, 6.07) is 4.49. The Balaban J connectivity index is 1.93. The maximum absolute atomic E-state index is 14.0. The topological polar surface area (TPSA) is 26.3 Å². The van der Waals surface area contributed by atoms with Gasteiger partial charge < -0.3 is 4.74 Å². The molecule has 108 valence electrons. The monoisotopic (exact) mass is 276 g/mol. The second-order valence-corrected chi connectivity index (χ2v) is 6.99. The summed E-state index contributed by atoms with van der Waals surface area (Å²) in [4.78, 5) is 11.1. The first kappa shape index (κ1) is 13.6. The smallest absolute Gasteiger partial charge is 0.165 e. The molecule has 3 rings (SSSR count). The predicted molar refractivity (Wildman–Crippen MR) is 75.4 cm³/mol. The number of para-hydroxylation sites is 1. The van der Waals surface area contributed by atoms with E-state index in [1.165, 1.54) is 12.5 Å². The largest absolute Gasteiger partial charge is 0.486 e. The molecular weight excluding hydrogens is 255 g/mol. The van der Waals surface area contributed by atoms with Gasteiger partial charge in [0.1, 0.15) is 6.10 Å². The van der Waals surface area contributed by atoms with Crippen molar-refractivity contribution in [2.75, 3.05) is 0 Å². The van der Waals surface area contributed by atoms with E-state index in [4.69, 9.17) is 4.74 Å². The van der Waals surface area contributed by atoms with Crippen LogP contribution in [0.4, 0.5) is 4.39 Å². The van der Waals surface area contributed by atoms with Gasteiger partial charge in [0.25, 0.3) is 0 Å². The third-order valence-electron chi connectivity index (χ3n) is 6.10. The number of carbonyl (C=O) groups excluding carboxylic acids is 1. The van der Waals surface area contributed by atoms with Gasteiger partial charge in [0.2, 0.25) is 0 Å². The molecule has 0 radical (unpaired) electrons. The van der Waals surface area contributed by atoms with Crippen molar-refractivity contribution in [1.82, 2.24) is 0 Å². The molecule has 2 bridgehead atoms. The summed E-state index contributed by atoms with van der Waals surface area (Å²) in [7, 11) is 0. The standard InChI is InChI=1S/C17H21FO2/c1-16(2)12-7-8-17(16,3)14(9-12)20-15-11(10-19)5-4-6-13(15)18/h4-6,10,12,14H,7-9H2,1-3H3. The van der Waals surface area contributed by atoms with Gasteiger partial charge in [-0.25, -0.2) is 4.39 Å². The molecule has 20 heavy (non-hydrogen) atoms. The van der Waals surface area contributed by atoms with E-state index in [0.717, 1.165) is 12.8 Å². The molecule has 3 atom stereocenters. The van der Waals surface area contributed by atoms with Crippen LogP contribution in [0.25, 0.3) is 0 Å². The molecule has 2 nitrogen and oxygen atoms in total. The molecule has 2 fully saturated rings. The van der Waals surface area contributed by atoms with Crippen LogP contribution in [-0.4, -0.2) is 12.4 Å². The zero-order chi connectivity index (χ0) is 14.5. The molecule has 1 aromatic rings. The molecule has 0 N–H and O–H groups in total. The summed E-state index contributed by atoms with van der Waals surface area (Å²) >= 11 is 0. The van der Waals surface area contributed by atoms with Gasteiger partial charge in [-0.05, 0) is 42.7 Å². The SMILES string of the molecule is CC1(C)C2CCC1(C)C(Oc1c(F)cccc1C=O)C2. The molecule has 0 aliphatic heterocycles. The van der Waals surface area contributed by atoms with Gasteiger partial charge in [-0.2, -0.15) is 0 Å². The summed E-state index contributed by atoms with van der Waals surface area (Å²) in [6.07, 6.45) is 3.95. The van der Waals surface area contributed by atoms with E-state index in [9.17, 15) is 9.18 Å². The predicted octanol–water partition coefficient (Wildman–Crippen LogP) is 4.23. The van der Waals surface area contributed by atoms with E-state index in [-0.39, 0.29) is 22.7 Å². The van der Waals surface area contributed by atoms with Crippen molar-refractivity contribution in [2.45, 2.75) is 46.1 Å². The van der Waals surface area contributed by atoms with Gasteiger partial charge in [0.05, 0.1) is 5.56 Å². The summed E-state index contributed by atoms with van der Waals surface area (Å²) in [6.45, 7) is 6.82. The highest BCUT2D eigenvalue weighted by molar-refractivity contribution is 5.79. The highest BCUT2D eigenvalue weighted by Crippen LogP contribution is 2.66. The molecule has 0 spiro atoms. The number of hydrogen-bond donors (Lipinski definition) is 0. The van der Waals surface area contributed by atoms with Crippen LogP contribution in [0.5, 0.6) is 5.75 Å². The van der Waals surface area contributed by atoms with Crippen molar-refractivity contribution in [3.05, 3.63) is 29.6 Å². The Morgan fingerprint density at radius 2 is 2.10 bits per heavy atom. The zero-order valence-corrected chi connectivity index (χ0v) is 12.3. The van der Waals surface area contributed by atoms with Crippen LogP contribution in [0.1, 0.15) is 50.4 Å². The molecule has 1 aromatic carbocycles. The first-order chi connectivity index (χ1) is 9.40. The quantitative estimate of drug-likeness (QED) is 0.772. The average Bonchev–Trinajstić information content (AvgIpc) is 2.74. The summed E-state index contributed by atoms with van der Waals surface area (Å²) < 4.78 is 20.0. The third kappa shape index (κ3) is 1.65. The number of rotatable bonds is 3. The van der Waals surface area contributed by atoms with Gasteiger partial charge >= 0.3 is 0 Å². The van der Waals surface area contributed by atoms with E-state index in [1.807, 2.05) is 0 Å². The fourth-order valence-corrected chi connectivity index (χ4v) is 4.19. The molecule has 0 aromatic heterocycles. The second kappa shape index (κ2) is 4.31. The molecule has 2 aliphatic rings. The van der Waals surface area contributed by atoms with Crippen LogP contribution >= 0.6 is 0 Å². The van der Waals surface area contributed by atoms with Gasteiger partial charge in [-0.1, -0.05) is 26.8 Å². The van der Waals surface area contributed by atoms with Crippen molar-refractivity contribution in [2.24, 2.45) is 16.7 Å². The summed E-state index contributed by atoms with van der Waals surface area (Å²) in [5.41, 5.74) is 0.568. The Morgan fingerprint density at radius 3 is 2.65 bits per heavy atom. The zero-order valence-electron chi connectivity index (χ0n) is 12.3. The maximum atomic E-state index is 14.0. The number of hydrogen-bond acceptors (Lipinski definition) is 2. The first-order valence-corrected chi connectivity index (χ1v) is 7.30. The van der Waals surface area contributed by atoms with Crippen molar-refractivity contribution in [3.63, 3.8) is 0 Å². The Kier molecular flexibility index (Phi) is 2.93. The molecule has 2 saturated carbocycles. The third-order valence-corrected chi connectivity index (χ3v) is 6.10. The molecule has 0 saturated heterocycles. The fourth-order valence-electron chi connectivity index (χ4n) is 4.19. The lowest BCUT2D eigenvalue weighted by molar-refractivity contribution is 0.0273. The Hall–Kier alpha value is -1.38. The molecule has 0 amide bonds. The minimum Gasteiger partial charge on any atom is -0.486 e. The number of halogens is 1. The van der Waals surface area contributed by atoms with Crippen LogP contribution in [0.2, 0.25) is 0 Å². The Morgan fingerprint density at radius 1 is 1.35 bits per heavy atom. The minimum absolute atomic E-state index is 0.00755. The van der Waals surface area contributed by atoms with Crippen molar-refractivity contribution >= 4 is 6.29 Å². The highest BCUT2D eigenvalue weighted by atomic mass is 19.1. The summed E-state index contributed by atoms with van der Waals surface area (Å²) in [5, 5.41) is 0. The molecule has 3 heteroatoms. The number of aldehydes is 1. The van der Waals surface area contributed by atoms with Gasteiger partial charge in [0, 0.05) is 5.41 Å². The van der Waals surface area contributed by atoms with Gasteiger partial charge in [-0.3, -0.25) is 4.79 Å². The average molecular weight is 276 g/mol. The van der Waals surface area contributed by atoms with Crippen LogP contribution in [0, 0.1) is 22.6 Å². The fraction of sp³-hybridized carbons (Fsp3) is 0.588. The molecule has 2 aliphatic carbocycles. The van der Waals surface area contributed by atoms with Gasteiger partial charge in [0.15, 0.2) is 17.9 Å². The Bertz CT molecular complexity index is 552. The lowest BCUT2D eigenvalue weighted by Gasteiger charge is -2.39. The van der Waals surface area contributed by atoms with Crippen LogP contribution in [0.3, 0.4) is 0 Å². The number of ether oxygens (including phenoxy) is 1. The van der Waals surface area contributed by atoms with Crippen LogP contribution in [0.15, 0.2) is 18.2 Å². The molecule has 0 heterocycles. The lowest BCUT2D eigenvalue weighted by atomic mass is 9.70. The van der Waals surface area contributed by atoms with Crippen LogP contribution in [-0.2, 0) is 0 Å². The maximum Gasteiger partial charge on any atom is 0.165 e. The highest BCUT2D eigenvalue weighted by Gasteiger charge is 2.62. The van der Waals surface area contributed by atoms with E-state index in [2.05, 4.69) is 20.8 Å². The van der Waals surface area contributed by atoms with E-state index >= 15 is 0 Å². The molecule has 3 unspecified atom stereocenters. The van der Waals surface area contributed by atoms with Crippen molar-refractivity contribution in [1.29, 1.82) is 0 Å². The number of carbonyl (C=O) groups is 1. The van der Waals surface area contributed by atoms with Crippen LogP contribution < -0.4 is 4.74 Å². The second-order valence-electron chi connectivity index (χ2n) is 6.99. The normalized spacial score (nSPS) is 34.2. The van der Waals surface area contributed by atoms with Crippen molar-refractivity contribution in [3.8, 4) is 5.75 Å². The first-order valence-electron chi connectivity index (χ1n) is 7.30. The van der Waals surface area contributed by atoms with E-state index in [0.29, 0.717) is 17.8 Å². The summed E-state index contributed by atoms with van der Waals surface area (Å²) in [5.74, 6) is 0.305. The lowest BCUT2D eigenvalue weighted by Crippen LogP contribution is -2.39. The van der Waals surface area contributed by atoms with E-state index < -0.39 is 5.82 Å². The minimum atomic E-state index is -0.446. The number of fused-ring (bicyclic) bond motifs is 2. The van der Waals surface area contributed by atoms with Crippen molar-refractivity contribution < 1.29 is 13.9 Å². The van der Waals surface area contributed by atoms with Gasteiger partial charge in [-0.15, -0.1) is 0 Å².